The summed E-state index contributed by atoms with van der Waals surface area (Å²) in [6.07, 6.45) is 58.1. The summed E-state index contributed by atoms with van der Waals surface area (Å²) < 4.78 is 16.9. The van der Waals surface area contributed by atoms with Crippen molar-refractivity contribution >= 4 is 17.9 Å². The predicted octanol–water partition coefficient (Wildman–Crippen LogP) is 19.4. The normalized spacial score (nSPS) is 12.0. The van der Waals surface area contributed by atoms with Crippen LogP contribution in [0.15, 0.2) is 0 Å². The second kappa shape index (κ2) is 53.4. The minimum Gasteiger partial charge on any atom is -0.462 e. The van der Waals surface area contributed by atoms with Crippen LogP contribution < -0.4 is 0 Å². The van der Waals surface area contributed by atoms with E-state index in [2.05, 4.69) is 27.7 Å². The van der Waals surface area contributed by atoms with Crippen molar-refractivity contribution in [2.45, 2.75) is 342 Å². The number of carbonyl (C=O) groups is 3. The lowest BCUT2D eigenvalue weighted by Crippen LogP contribution is -2.30. The minimum atomic E-state index is -0.761. The Bertz CT molecular complexity index is 980. The zero-order valence-corrected chi connectivity index (χ0v) is 44.5. The number of unbranched alkanes of at least 4 members (excludes halogenated alkanes) is 41. The van der Waals surface area contributed by atoms with Crippen LogP contribution in [0.25, 0.3) is 0 Å². The van der Waals surface area contributed by atoms with Gasteiger partial charge in [0.25, 0.3) is 0 Å². The third kappa shape index (κ3) is 53.2. The molecule has 386 valence electrons. The van der Waals surface area contributed by atoms with Crippen LogP contribution in [-0.4, -0.2) is 37.2 Å². The fourth-order valence-electron chi connectivity index (χ4n) is 9.10. The summed E-state index contributed by atoms with van der Waals surface area (Å²) in [5.41, 5.74) is 0. The SMILES string of the molecule is CCCCCCCCCCCCCCCCCCCCCC(=O)O[C@H](COC(=O)CCCCCCCCCCCC)COC(=O)CCCCCCCCCCCCCCCCCC(C)C. The second-order valence-corrected chi connectivity index (χ2v) is 20.8. The molecule has 0 aromatic heterocycles. The van der Waals surface area contributed by atoms with E-state index in [1.165, 1.54) is 231 Å². The van der Waals surface area contributed by atoms with Crippen molar-refractivity contribution in [3.8, 4) is 0 Å². The largest absolute Gasteiger partial charge is 0.462 e. The molecule has 0 N–H and O–H groups in total. The Labute approximate surface area is 406 Å². The van der Waals surface area contributed by atoms with E-state index in [-0.39, 0.29) is 31.1 Å². The quantitative estimate of drug-likeness (QED) is 0.0344. The van der Waals surface area contributed by atoms with Gasteiger partial charge in [-0.1, -0.05) is 297 Å². The molecule has 0 aromatic rings. The number of hydrogen-bond acceptors (Lipinski definition) is 6. The van der Waals surface area contributed by atoms with Crippen molar-refractivity contribution in [1.82, 2.24) is 0 Å². The van der Waals surface area contributed by atoms with Gasteiger partial charge >= 0.3 is 17.9 Å². The van der Waals surface area contributed by atoms with Gasteiger partial charge in [-0.25, -0.2) is 0 Å². The topological polar surface area (TPSA) is 78.9 Å². The van der Waals surface area contributed by atoms with Crippen molar-refractivity contribution in [3.63, 3.8) is 0 Å². The van der Waals surface area contributed by atoms with Crippen molar-refractivity contribution in [2.24, 2.45) is 5.92 Å². The van der Waals surface area contributed by atoms with Crippen LogP contribution in [0.1, 0.15) is 336 Å². The number of rotatable bonds is 54. The molecule has 0 aliphatic carbocycles. The van der Waals surface area contributed by atoms with E-state index in [1.54, 1.807) is 0 Å². The zero-order valence-electron chi connectivity index (χ0n) is 44.5. The summed E-state index contributed by atoms with van der Waals surface area (Å²) in [5, 5.41) is 0. The predicted molar refractivity (Wildman–Crippen MR) is 280 cm³/mol. The highest BCUT2D eigenvalue weighted by atomic mass is 16.6. The number of carbonyl (C=O) groups excluding carboxylic acids is 3. The van der Waals surface area contributed by atoms with Crippen molar-refractivity contribution < 1.29 is 28.6 Å². The van der Waals surface area contributed by atoms with Gasteiger partial charge in [-0.05, 0) is 25.2 Å². The number of ether oxygens (including phenoxy) is 3. The van der Waals surface area contributed by atoms with Crippen LogP contribution in [0.3, 0.4) is 0 Å². The van der Waals surface area contributed by atoms with Crippen LogP contribution in [0.4, 0.5) is 0 Å². The monoisotopic (exact) mass is 919 g/mol. The molecular formula is C59H114O6. The Balaban J connectivity index is 4.22. The maximum atomic E-state index is 12.8. The molecule has 0 spiro atoms. The Kier molecular flexibility index (Phi) is 52.1. The van der Waals surface area contributed by atoms with Gasteiger partial charge < -0.3 is 14.2 Å². The van der Waals surface area contributed by atoms with Crippen LogP contribution >= 0.6 is 0 Å². The summed E-state index contributed by atoms with van der Waals surface area (Å²) in [7, 11) is 0. The van der Waals surface area contributed by atoms with E-state index < -0.39 is 6.10 Å². The highest BCUT2D eigenvalue weighted by Crippen LogP contribution is 2.18. The first kappa shape index (κ1) is 63.4. The Morgan fingerprint density at radius 3 is 0.754 bits per heavy atom. The Morgan fingerprint density at radius 2 is 0.508 bits per heavy atom. The van der Waals surface area contributed by atoms with Crippen LogP contribution in [0, 0.1) is 5.92 Å². The van der Waals surface area contributed by atoms with Gasteiger partial charge in [-0.15, -0.1) is 0 Å². The summed E-state index contributed by atoms with van der Waals surface area (Å²) >= 11 is 0. The average Bonchev–Trinajstić information content (AvgIpc) is 3.29. The van der Waals surface area contributed by atoms with Crippen LogP contribution in [0.2, 0.25) is 0 Å². The molecular weight excluding hydrogens is 805 g/mol. The molecule has 6 nitrogen and oxygen atoms in total. The lowest BCUT2D eigenvalue weighted by atomic mass is 10.0. The fourth-order valence-corrected chi connectivity index (χ4v) is 9.10. The molecule has 0 amide bonds. The third-order valence-corrected chi connectivity index (χ3v) is 13.5. The van der Waals surface area contributed by atoms with E-state index in [9.17, 15) is 14.4 Å². The van der Waals surface area contributed by atoms with E-state index in [4.69, 9.17) is 14.2 Å². The zero-order chi connectivity index (χ0) is 47.4. The summed E-state index contributed by atoms with van der Waals surface area (Å²) in [5.74, 6) is 0.0127. The molecule has 0 saturated carbocycles. The first-order valence-electron chi connectivity index (χ1n) is 29.4. The van der Waals surface area contributed by atoms with Crippen molar-refractivity contribution in [1.29, 1.82) is 0 Å². The van der Waals surface area contributed by atoms with Gasteiger partial charge in [-0.2, -0.15) is 0 Å². The standard InChI is InChI=1S/C59H114O6/c1-5-7-9-11-13-15-17-18-19-20-21-22-25-29-32-36-40-44-48-52-59(62)65-56(53-63-57(60)50-46-42-38-34-16-14-12-10-8-6-2)54-64-58(61)51-47-43-39-35-31-28-26-23-24-27-30-33-37-41-45-49-55(3)4/h55-56H,5-54H2,1-4H3/t56-/m1/s1. The van der Waals surface area contributed by atoms with Crippen LogP contribution in [0.5, 0.6) is 0 Å². The van der Waals surface area contributed by atoms with E-state index in [0.717, 1.165) is 63.7 Å². The molecule has 1 atom stereocenters. The van der Waals surface area contributed by atoms with Crippen molar-refractivity contribution in [3.05, 3.63) is 0 Å². The summed E-state index contributed by atoms with van der Waals surface area (Å²) in [6.45, 7) is 9.06. The first-order chi connectivity index (χ1) is 31.9. The summed E-state index contributed by atoms with van der Waals surface area (Å²) in [6, 6.07) is 0. The molecule has 0 radical (unpaired) electrons. The number of esters is 3. The molecule has 0 aliphatic rings. The highest BCUT2D eigenvalue weighted by molar-refractivity contribution is 5.71. The molecule has 0 unspecified atom stereocenters. The smallest absolute Gasteiger partial charge is 0.306 e. The lowest BCUT2D eigenvalue weighted by molar-refractivity contribution is -0.167. The molecule has 0 fully saturated rings. The molecule has 0 heterocycles. The molecule has 65 heavy (non-hydrogen) atoms. The van der Waals surface area contributed by atoms with Gasteiger partial charge in [0.1, 0.15) is 13.2 Å². The number of hydrogen-bond donors (Lipinski definition) is 0. The van der Waals surface area contributed by atoms with Gasteiger partial charge in [0, 0.05) is 19.3 Å². The van der Waals surface area contributed by atoms with Gasteiger partial charge in [-0.3, -0.25) is 14.4 Å². The average molecular weight is 920 g/mol. The molecule has 6 heteroatoms. The molecule has 0 saturated heterocycles. The van der Waals surface area contributed by atoms with Gasteiger partial charge in [0.15, 0.2) is 6.10 Å². The molecule has 0 aromatic carbocycles. The van der Waals surface area contributed by atoms with Crippen LogP contribution in [-0.2, 0) is 28.6 Å². The van der Waals surface area contributed by atoms with Gasteiger partial charge in [0.2, 0.25) is 0 Å². The maximum Gasteiger partial charge on any atom is 0.306 e. The summed E-state index contributed by atoms with van der Waals surface area (Å²) in [4.78, 5) is 38.1. The lowest BCUT2D eigenvalue weighted by Gasteiger charge is -2.18. The maximum absolute atomic E-state index is 12.8. The minimum absolute atomic E-state index is 0.0619. The second-order valence-electron chi connectivity index (χ2n) is 20.8. The fraction of sp³-hybridized carbons (Fsp3) is 0.949. The Morgan fingerprint density at radius 1 is 0.292 bits per heavy atom. The van der Waals surface area contributed by atoms with Crippen molar-refractivity contribution in [2.75, 3.05) is 13.2 Å². The molecule has 0 rings (SSSR count). The van der Waals surface area contributed by atoms with E-state index >= 15 is 0 Å². The van der Waals surface area contributed by atoms with E-state index in [1.807, 2.05) is 0 Å². The highest BCUT2D eigenvalue weighted by Gasteiger charge is 2.19. The first-order valence-corrected chi connectivity index (χ1v) is 29.4. The van der Waals surface area contributed by atoms with Gasteiger partial charge in [0.05, 0.1) is 0 Å². The molecule has 0 bridgehead atoms. The third-order valence-electron chi connectivity index (χ3n) is 13.5. The Hall–Kier alpha value is -1.59. The van der Waals surface area contributed by atoms with E-state index in [0.29, 0.717) is 19.3 Å². The molecule has 0 aliphatic heterocycles.